The fourth-order valence-electron chi connectivity index (χ4n) is 6.57. The zero-order valence-corrected chi connectivity index (χ0v) is 26.7. The molecule has 2 aliphatic rings. The number of para-hydroxylation sites is 1. The number of ether oxygens (including phenoxy) is 1. The lowest BCUT2D eigenvalue weighted by atomic mass is 9.77. The summed E-state index contributed by atoms with van der Waals surface area (Å²) in [5, 5.41) is 0.643. The van der Waals surface area contributed by atoms with Gasteiger partial charge in [0.2, 0.25) is 10.0 Å². The number of likely N-dealkylation sites (tertiary alicyclic amines) is 1. The number of hydrogen-bond donors (Lipinski definition) is 0. The van der Waals surface area contributed by atoms with E-state index in [1.807, 2.05) is 35.5 Å². The molecule has 43 heavy (non-hydrogen) atoms. The van der Waals surface area contributed by atoms with Crippen LogP contribution in [0.15, 0.2) is 59.8 Å². The van der Waals surface area contributed by atoms with Crippen LogP contribution in [-0.4, -0.2) is 73.8 Å². The number of thiazole rings is 1. The molecular weight excluding hydrogens is 583 g/mol. The van der Waals surface area contributed by atoms with Gasteiger partial charge in [-0.25, -0.2) is 13.4 Å². The molecule has 6 rings (SSSR count). The Morgan fingerprint density at radius 2 is 1.72 bits per heavy atom. The zero-order chi connectivity index (χ0) is 30.4. The van der Waals surface area contributed by atoms with Crippen molar-refractivity contribution in [2.45, 2.75) is 44.6 Å². The quantitative estimate of drug-likeness (QED) is 0.278. The molecule has 0 bridgehead atoms. The fourth-order valence-corrected chi connectivity index (χ4v) is 9.24. The minimum atomic E-state index is -3.77. The van der Waals surface area contributed by atoms with Gasteiger partial charge in [-0.05, 0) is 86.1 Å². The largest absolute Gasteiger partial charge is 0.497 e. The smallest absolute Gasteiger partial charge is 0.256 e. The summed E-state index contributed by atoms with van der Waals surface area (Å²) in [6.45, 7) is 7.14. The van der Waals surface area contributed by atoms with E-state index in [9.17, 15) is 13.2 Å². The molecule has 0 radical (unpaired) electrons. The van der Waals surface area contributed by atoms with E-state index in [1.54, 1.807) is 40.1 Å². The Balaban J connectivity index is 1.16. The lowest BCUT2D eigenvalue weighted by molar-refractivity contribution is 0.0612. The number of carbonyl (C=O) groups is 1. The maximum Gasteiger partial charge on any atom is 0.256 e. The van der Waals surface area contributed by atoms with Crippen LogP contribution in [0.2, 0.25) is 0 Å². The molecule has 0 saturated carbocycles. The number of methoxy groups -OCH3 is 1. The molecule has 0 aliphatic carbocycles. The van der Waals surface area contributed by atoms with Crippen molar-refractivity contribution in [3.8, 4) is 5.75 Å². The van der Waals surface area contributed by atoms with Crippen LogP contribution in [-0.2, 0) is 16.6 Å². The van der Waals surface area contributed by atoms with Gasteiger partial charge < -0.3 is 14.5 Å². The standard InChI is InChI=1S/C32H37N5O4S2/c1-22-18-25(41-4)19-23(2)30(22)43(39,40)35(3)20-28-34-29-26(6-5-7-27(29)42-28)31(38)36-15-10-32(11-16-36)12-17-37(21-32)24-8-13-33-14-9-24/h5-9,13-14,18-19H,10-12,15-17,20-21H2,1-4H3. The number of anilines is 1. The molecule has 2 fully saturated rings. The third-order valence-electron chi connectivity index (χ3n) is 8.97. The number of nitrogens with zero attached hydrogens (tertiary/aromatic N) is 5. The molecule has 4 heterocycles. The summed E-state index contributed by atoms with van der Waals surface area (Å²) in [6.07, 6.45) is 6.77. The van der Waals surface area contributed by atoms with Crippen LogP contribution in [0.5, 0.6) is 5.75 Å². The maximum absolute atomic E-state index is 13.8. The fraction of sp³-hybridized carbons (Fsp3) is 0.406. The van der Waals surface area contributed by atoms with Gasteiger partial charge in [-0.3, -0.25) is 9.78 Å². The minimum Gasteiger partial charge on any atom is -0.497 e. The van der Waals surface area contributed by atoms with E-state index in [4.69, 9.17) is 9.72 Å². The lowest BCUT2D eigenvalue weighted by Gasteiger charge is -2.39. The molecule has 2 aromatic heterocycles. The average molecular weight is 620 g/mol. The van der Waals surface area contributed by atoms with E-state index < -0.39 is 10.0 Å². The van der Waals surface area contributed by atoms with Crippen LogP contribution < -0.4 is 9.64 Å². The SMILES string of the molecule is COc1cc(C)c(S(=O)(=O)N(C)Cc2nc3c(C(=O)N4CCC5(CC4)CCN(c4ccncc4)C5)cccc3s2)c(C)c1. The number of amides is 1. The molecule has 1 spiro atoms. The highest BCUT2D eigenvalue weighted by molar-refractivity contribution is 7.89. The van der Waals surface area contributed by atoms with Crippen molar-refractivity contribution >= 4 is 43.2 Å². The first-order valence-corrected chi connectivity index (χ1v) is 16.8. The van der Waals surface area contributed by atoms with Crippen molar-refractivity contribution in [1.29, 1.82) is 0 Å². The Bertz CT molecular complexity index is 1740. The van der Waals surface area contributed by atoms with Crippen LogP contribution in [0.3, 0.4) is 0 Å². The summed E-state index contributed by atoms with van der Waals surface area (Å²) < 4.78 is 34.7. The van der Waals surface area contributed by atoms with Gasteiger partial charge in [0.1, 0.15) is 10.8 Å². The number of fused-ring (bicyclic) bond motifs is 1. The van der Waals surface area contributed by atoms with Crippen molar-refractivity contribution in [3.63, 3.8) is 0 Å². The monoisotopic (exact) mass is 619 g/mol. The van der Waals surface area contributed by atoms with Crippen LogP contribution in [0.1, 0.15) is 45.8 Å². The molecule has 11 heteroatoms. The summed E-state index contributed by atoms with van der Waals surface area (Å²) in [5.74, 6) is 0.616. The summed E-state index contributed by atoms with van der Waals surface area (Å²) in [7, 11) is -0.641. The number of piperidine rings is 1. The Morgan fingerprint density at radius 3 is 2.40 bits per heavy atom. The molecule has 226 valence electrons. The van der Waals surface area contributed by atoms with Gasteiger partial charge in [0, 0.05) is 51.3 Å². The third-order valence-corrected chi connectivity index (χ3v) is 12.1. The first-order chi connectivity index (χ1) is 20.6. The molecular formula is C32H37N5O4S2. The van der Waals surface area contributed by atoms with Crippen molar-refractivity contribution in [1.82, 2.24) is 19.2 Å². The van der Waals surface area contributed by atoms with Crippen molar-refractivity contribution in [3.05, 3.63) is 76.6 Å². The van der Waals surface area contributed by atoms with Crippen molar-refractivity contribution in [2.75, 3.05) is 45.2 Å². The number of aromatic nitrogens is 2. The van der Waals surface area contributed by atoms with Crippen LogP contribution in [0, 0.1) is 19.3 Å². The van der Waals surface area contributed by atoms with Crippen molar-refractivity contribution < 1.29 is 17.9 Å². The van der Waals surface area contributed by atoms with Gasteiger partial charge in [-0.1, -0.05) is 6.07 Å². The second kappa shape index (κ2) is 11.5. The van der Waals surface area contributed by atoms with Gasteiger partial charge in [-0.2, -0.15) is 4.31 Å². The van der Waals surface area contributed by atoms with Gasteiger partial charge in [0.25, 0.3) is 5.91 Å². The molecule has 4 aromatic rings. The van der Waals surface area contributed by atoms with E-state index in [1.165, 1.54) is 21.3 Å². The number of pyridine rings is 1. The van der Waals surface area contributed by atoms with Gasteiger partial charge in [-0.15, -0.1) is 11.3 Å². The number of benzene rings is 2. The predicted molar refractivity (Wildman–Crippen MR) is 169 cm³/mol. The Morgan fingerprint density at radius 1 is 1.05 bits per heavy atom. The number of rotatable bonds is 7. The van der Waals surface area contributed by atoms with Crippen molar-refractivity contribution in [2.24, 2.45) is 5.41 Å². The Kier molecular flexibility index (Phi) is 7.91. The summed E-state index contributed by atoms with van der Waals surface area (Å²) >= 11 is 1.43. The highest BCUT2D eigenvalue weighted by Gasteiger charge is 2.41. The van der Waals surface area contributed by atoms with E-state index in [-0.39, 0.29) is 22.8 Å². The van der Waals surface area contributed by atoms with Gasteiger partial charge in [0.15, 0.2) is 0 Å². The predicted octanol–water partition coefficient (Wildman–Crippen LogP) is 5.27. The van der Waals surface area contributed by atoms with Gasteiger partial charge >= 0.3 is 0 Å². The van der Waals surface area contributed by atoms with Crippen LogP contribution in [0.4, 0.5) is 5.69 Å². The number of aryl methyl sites for hydroxylation is 2. The molecule has 1 amide bonds. The first-order valence-electron chi connectivity index (χ1n) is 14.5. The topological polar surface area (TPSA) is 95.9 Å². The van der Waals surface area contributed by atoms with E-state index >= 15 is 0 Å². The molecule has 0 N–H and O–H groups in total. The molecule has 2 aliphatic heterocycles. The first kappa shape index (κ1) is 29.5. The second-order valence-corrected chi connectivity index (χ2v) is 14.9. The normalized spacial score (nSPS) is 16.9. The summed E-state index contributed by atoms with van der Waals surface area (Å²) in [5.41, 5.74) is 3.92. The number of hydrogen-bond acceptors (Lipinski definition) is 8. The van der Waals surface area contributed by atoms with Crippen LogP contribution >= 0.6 is 11.3 Å². The second-order valence-electron chi connectivity index (χ2n) is 11.8. The van der Waals surface area contributed by atoms with Gasteiger partial charge in [0.05, 0.1) is 34.3 Å². The highest BCUT2D eigenvalue weighted by Crippen LogP contribution is 2.42. The maximum atomic E-state index is 13.8. The molecule has 9 nitrogen and oxygen atoms in total. The molecule has 2 aromatic carbocycles. The third kappa shape index (κ3) is 5.61. The molecule has 0 unspecified atom stereocenters. The summed E-state index contributed by atoms with van der Waals surface area (Å²) in [6, 6.07) is 13.3. The Hall–Kier alpha value is -3.54. The summed E-state index contributed by atoms with van der Waals surface area (Å²) in [4.78, 5) is 27.4. The van der Waals surface area contributed by atoms with E-state index in [0.29, 0.717) is 33.0 Å². The van der Waals surface area contributed by atoms with E-state index in [0.717, 1.165) is 50.1 Å². The highest BCUT2D eigenvalue weighted by atomic mass is 32.2. The zero-order valence-electron chi connectivity index (χ0n) is 25.0. The van der Waals surface area contributed by atoms with Crippen LogP contribution in [0.25, 0.3) is 10.2 Å². The minimum absolute atomic E-state index is 0.00764. The number of carbonyl (C=O) groups excluding carboxylic acids is 1. The molecule has 0 atom stereocenters. The van der Waals surface area contributed by atoms with E-state index in [2.05, 4.69) is 22.0 Å². The lowest BCUT2D eigenvalue weighted by Crippen LogP contribution is -2.44. The average Bonchev–Trinajstić information content (AvgIpc) is 3.61. The Labute approximate surface area is 257 Å². The number of sulfonamides is 1. The molecule has 2 saturated heterocycles.